The van der Waals surface area contributed by atoms with Gasteiger partial charge >= 0.3 is 0 Å². The summed E-state index contributed by atoms with van der Waals surface area (Å²) >= 11 is 6.19. The maximum Gasteiger partial charge on any atom is 0.254 e. The molecular formula is C30H28ClN3O4. The Hall–Kier alpha value is -3.89. The number of aromatic nitrogens is 1. The third-order valence-electron chi connectivity index (χ3n) is 7.68. The van der Waals surface area contributed by atoms with E-state index in [2.05, 4.69) is 6.07 Å². The molecule has 3 aromatic rings. The molecule has 7 nitrogen and oxygen atoms in total. The predicted molar refractivity (Wildman–Crippen MR) is 144 cm³/mol. The molecule has 1 aliphatic heterocycles. The Labute approximate surface area is 226 Å². The van der Waals surface area contributed by atoms with Crippen LogP contribution in [0.5, 0.6) is 5.75 Å². The molecule has 2 heterocycles. The lowest BCUT2D eigenvalue weighted by atomic mass is 9.79. The molecule has 38 heavy (non-hydrogen) atoms. The summed E-state index contributed by atoms with van der Waals surface area (Å²) in [6.07, 6.45) is 5.52. The molecule has 0 radical (unpaired) electrons. The van der Waals surface area contributed by atoms with Crippen LogP contribution in [0.15, 0.2) is 53.5 Å². The summed E-state index contributed by atoms with van der Waals surface area (Å²) in [6, 6.07) is 13.3. The van der Waals surface area contributed by atoms with Gasteiger partial charge in [-0.05, 0) is 47.7 Å². The van der Waals surface area contributed by atoms with E-state index in [1.165, 1.54) is 17.7 Å². The first-order chi connectivity index (χ1) is 18.3. The van der Waals surface area contributed by atoms with Gasteiger partial charge in [-0.3, -0.25) is 14.4 Å². The summed E-state index contributed by atoms with van der Waals surface area (Å²) in [5.74, 6) is 0.686. The number of hydrogen-bond donors (Lipinski definition) is 0. The molecule has 1 atom stereocenters. The van der Waals surface area contributed by atoms with E-state index in [0.29, 0.717) is 51.9 Å². The summed E-state index contributed by atoms with van der Waals surface area (Å²) < 4.78 is 7.12. The molecule has 0 spiro atoms. The molecule has 1 fully saturated rings. The zero-order chi connectivity index (χ0) is 27.0. The monoisotopic (exact) mass is 529 g/mol. The Bertz CT molecular complexity index is 1530. The molecule has 0 N–H and O–H groups in total. The molecule has 194 valence electrons. The number of ketones is 1. The van der Waals surface area contributed by atoms with Gasteiger partial charge in [-0.15, -0.1) is 0 Å². The molecular weight excluding hydrogens is 502 g/mol. The topological polar surface area (TPSA) is 92.4 Å². The maximum absolute atomic E-state index is 13.7. The summed E-state index contributed by atoms with van der Waals surface area (Å²) in [5.41, 5.74) is 3.39. The van der Waals surface area contributed by atoms with Gasteiger partial charge in [0, 0.05) is 47.8 Å². The van der Waals surface area contributed by atoms with Crippen molar-refractivity contribution in [2.45, 2.75) is 44.7 Å². The Balaban J connectivity index is 1.51. The summed E-state index contributed by atoms with van der Waals surface area (Å²) in [7, 11) is 3.25. The molecule has 8 heteroatoms. The van der Waals surface area contributed by atoms with Crippen LogP contribution >= 0.6 is 11.6 Å². The first kappa shape index (κ1) is 25.7. The number of hydrogen-bond acceptors (Lipinski definition) is 5. The number of Topliss-reactive ketones (excluding diaryl/α,β-unsaturated/α-hetero) is 1. The highest BCUT2D eigenvalue weighted by atomic mass is 35.5. The Morgan fingerprint density at radius 3 is 2.61 bits per heavy atom. The summed E-state index contributed by atoms with van der Waals surface area (Å²) in [4.78, 5) is 41.1. The van der Waals surface area contributed by atoms with Crippen molar-refractivity contribution in [2.24, 2.45) is 5.92 Å². The highest BCUT2D eigenvalue weighted by Gasteiger charge is 2.30. The van der Waals surface area contributed by atoms with Gasteiger partial charge in [0.15, 0.2) is 5.78 Å². The fourth-order valence-corrected chi connectivity index (χ4v) is 5.55. The molecule has 1 amide bonds. The van der Waals surface area contributed by atoms with Crippen molar-refractivity contribution in [3.8, 4) is 22.9 Å². The molecule has 1 unspecified atom stereocenters. The molecule has 0 saturated heterocycles. The average molecular weight is 530 g/mol. The van der Waals surface area contributed by atoms with Crippen LogP contribution in [0.1, 0.15) is 58.8 Å². The van der Waals surface area contributed by atoms with Gasteiger partial charge in [0.05, 0.1) is 31.0 Å². The second-order valence-corrected chi connectivity index (χ2v) is 10.6. The minimum Gasteiger partial charge on any atom is -0.495 e. The Morgan fingerprint density at radius 2 is 1.92 bits per heavy atom. The normalized spacial score (nSPS) is 15.5. The van der Waals surface area contributed by atoms with Crippen molar-refractivity contribution in [1.82, 2.24) is 9.47 Å². The van der Waals surface area contributed by atoms with Crippen LogP contribution in [0, 0.1) is 17.2 Å². The first-order valence-corrected chi connectivity index (χ1v) is 13.1. The lowest BCUT2D eigenvalue weighted by Gasteiger charge is -2.30. The standard InChI is InChI=1S/C30H28ClN3O4/c1-33-16-21-10-19(6-9-23(21)30(33)37)12-27(35)26(11-18-4-3-5-18)34-17-28(38-2)25(14-29(34)36)24-13-22(31)8-7-20(24)15-32/h6-10,13-14,17-18,26H,3-5,11-12,16H2,1-2H3. The smallest absolute Gasteiger partial charge is 0.254 e. The van der Waals surface area contributed by atoms with E-state index in [-0.39, 0.29) is 23.7 Å². The van der Waals surface area contributed by atoms with Crippen molar-refractivity contribution >= 4 is 23.3 Å². The van der Waals surface area contributed by atoms with Crippen molar-refractivity contribution in [2.75, 3.05) is 14.2 Å². The first-order valence-electron chi connectivity index (χ1n) is 12.7. The highest BCUT2D eigenvalue weighted by Crippen LogP contribution is 2.37. The SMILES string of the molecule is COc1cn(C(CC2CCC2)C(=O)Cc2ccc3c(c2)CN(C)C3=O)c(=O)cc1-c1cc(Cl)ccc1C#N. The van der Waals surface area contributed by atoms with Gasteiger partial charge in [0.2, 0.25) is 0 Å². The van der Waals surface area contributed by atoms with E-state index in [1.54, 1.807) is 42.4 Å². The minimum atomic E-state index is -0.650. The van der Waals surface area contributed by atoms with Crippen molar-refractivity contribution < 1.29 is 14.3 Å². The van der Waals surface area contributed by atoms with Crippen molar-refractivity contribution in [3.63, 3.8) is 0 Å². The fourth-order valence-electron chi connectivity index (χ4n) is 5.37. The van der Waals surface area contributed by atoms with Crippen LogP contribution in [0.4, 0.5) is 0 Å². The number of carbonyl (C=O) groups excluding carboxylic acids is 2. The van der Waals surface area contributed by atoms with E-state index < -0.39 is 6.04 Å². The molecule has 1 saturated carbocycles. The van der Waals surface area contributed by atoms with E-state index in [4.69, 9.17) is 16.3 Å². The zero-order valence-electron chi connectivity index (χ0n) is 21.4. The van der Waals surface area contributed by atoms with E-state index in [0.717, 1.165) is 30.4 Å². The van der Waals surface area contributed by atoms with Gasteiger partial charge in [0.1, 0.15) is 5.75 Å². The number of benzene rings is 2. The van der Waals surface area contributed by atoms with Crippen LogP contribution in [-0.4, -0.2) is 35.3 Å². The number of carbonyl (C=O) groups is 2. The third-order valence-corrected chi connectivity index (χ3v) is 7.91. The van der Waals surface area contributed by atoms with Crippen LogP contribution in [-0.2, 0) is 17.8 Å². The average Bonchev–Trinajstić information content (AvgIpc) is 3.16. The fraction of sp³-hybridized carbons (Fsp3) is 0.333. The minimum absolute atomic E-state index is 0.0151. The third kappa shape index (κ3) is 4.84. The quantitative estimate of drug-likeness (QED) is 0.401. The Kier molecular flexibility index (Phi) is 7.09. The second-order valence-electron chi connectivity index (χ2n) is 10.1. The van der Waals surface area contributed by atoms with Gasteiger partial charge in [-0.1, -0.05) is 43.0 Å². The van der Waals surface area contributed by atoms with E-state index in [9.17, 15) is 19.6 Å². The molecule has 1 aromatic heterocycles. The van der Waals surface area contributed by atoms with Gasteiger partial charge in [-0.25, -0.2) is 0 Å². The zero-order valence-corrected chi connectivity index (χ0v) is 22.1. The highest BCUT2D eigenvalue weighted by molar-refractivity contribution is 6.31. The van der Waals surface area contributed by atoms with Gasteiger partial charge in [0.25, 0.3) is 11.5 Å². The predicted octanol–water partition coefficient (Wildman–Crippen LogP) is 5.18. The second kappa shape index (κ2) is 10.5. The summed E-state index contributed by atoms with van der Waals surface area (Å²) in [5, 5.41) is 10.0. The Morgan fingerprint density at radius 1 is 1.13 bits per heavy atom. The van der Waals surface area contributed by atoms with E-state index in [1.807, 2.05) is 12.1 Å². The summed E-state index contributed by atoms with van der Waals surface area (Å²) in [6.45, 7) is 0.522. The molecule has 1 aliphatic carbocycles. The van der Waals surface area contributed by atoms with E-state index >= 15 is 0 Å². The van der Waals surface area contributed by atoms with Crippen molar-refractivity contribution in [1.29, 1.82) is 5.26 Å². The largest absolute Gasteiger partial charge is 0.495 e. The number of fused-ring (bicyclic) bond motifs is 1. The van der Waals surface area contributed by atoms with Gasteiger partial charge in [-0.2, -0.15) is 5.26 Å². The van der Waals surface area contributed by atoms with Gasteiger partial charge < -0.3 is 14.2 Å². The molecule has 2 aliphatic rings. The molecule has 2 aromatic carbocycles. The number of halogens is 1. The van der Waals surface area contributed by atoms with Crippen LogP contribution in [0.2, 0.25) is 5.02 Å². The number of amides is 1. The lowest BCUT2D eigenvalue weighted by Crippen LogP contribution is -2.33. The maximum atomic E-state index is 13.7. The number of ether oxygens (including phenoxy) is 1. The number of methoxy groups -OCH3 is 1. The van der Waals surface area contributed by atoms with Crippen LogP contribution in [0.3, 0.4) is 0 Å². The van der Waals surface area contributed by atoms with Crippen LogP contribution in [0.25, 0.3) is 11.1 Å². The molecule has 5 rings (SSSR count). The van der Waals surface area contributed by atoms with Crippen molar-refractivity contribution in [3.05, 3.63) is 86.3 Å². The number of pyridine rings is 1. The lowest BCUT2D eigenvalue weighted by molar-refractivity contribution is -0.122. The number of nitrogens with zero attached hydrogens (tertiary/aromatic N) is 3. The number of rotatable bonds is 8. The number of nitriles is 1. The van der Waals surface area contributed by atoms with Crippen LogP contribution < -0.4 is 10.3 Å². The molecule has 0 bridgehead atoms.